The van der Waals surface area contributed by atoms with Gasteiger partial charge in [-0.1, -0.05) is 76.6 Å². The molecule has 0 aliphatic carbocycles. The van der Waals surface area contributed by atoms with Gasteiger partial charge in [-0.3, -0.25) is 31.1 Å². The van der Waals surface area contributed by atoms with E-state index < -0.39 is 22.0 Å². The molecule has 4 aromatic rings. The molecular formula is C30H31BrN6O8. The van der Waals surface area contributed by atoms with Crippen LogP contribution in [-0.2, 0) is 34.6 Å². The molecule has 236 valence electrons. The first kappa shape index (κ1) is 35.8. The maximum Gasteiger partial charge on any atom is 0.421 e. The summed E-state index contributed by atoms with van der Waals surface area (Å²) in [5.74, 6) is 4.79. The van der Waals surface area contributed by atoms with Crippen LogP contribution in [0.4, 0.5) is 21.0 Å². The molecule has 0 bridgehead atoms. The molecule has 0 unspecified atom stereocenters. The van der Waals surface area contributed by atoms with Crippen LogP contribution in [0.1, 0.15) is 22.3 Å². The number of nitro groups is 2. The van der Waals surface area contributed by atoms with Gasteiger partial charge in [-0.25, -0.2) is 20.9 Å². The van der Waals surface area contributed by atoms with Gasteiger partial charge in [0.15, 0.2) is 0 Å². The van der Waals surface area contributed by atoms with Gasteiger partial charge in [0.2, 0.25) is 0 Å². The molecular weight excluding hydrogens is 652 g/mol. The number of carbonyl (C=O) groups is 2. The molecule has 0 aromatic heterocycles. The van der Waals surface area contributed by atoms with Crippen LogP contribution in [0.3, 0.4) is 0 Å². The van der Waals surface area contributed by atoms with Crippen molar-refractivity contribution in [3.05, 3.63) is 152 Å². The second-order valence-corrected chi connectivity index (χ2v) is 9.29. The van der Waals surface area contributed by atoms with E-state index in [4.69, 9.17) is 10.6 Å². The number of halogens is 1. The first-order valence-electron chi connectivity index (χ1n) is 13.1. The van der Waals surface area contributed by atoms with Gasteiger partial charge in [0.25, 0.3) is 11.4 Å². The number of amides is 2. The number of hydrazine groups is 2. The molecule has 5 N–H and O–H groups in total. The van der Waals surface area contributed by atoms with E-state index in [0.717, 1.165) is 10.9 Å². The molecule has 4 aromatic carbocycles. The first-order valence-corrected chi connectivity index (χ1v) is 14.2. The van der Waals surface area contributed by atoms with Crippen LogP contribution in [-0.4, -0.2) is 22.0 Å². The van der Waals surface area contributed by atoms with Gasteiger partial charge >= 0.3 is 12.2 Å². The maximum absolute atomic E-state index is 11.5. The largest absolute Gasteiger partial charge is 0.444 e. The lowest BCUT2D eigenvalue weighted by molar-refractivity contribution is -0.385. The van der Waals surface area contributed by atoms with Crippen LogP contribution >= 0.6 is 15.9 Å². The second kappa shape index (κ2) is 20.5. The molecule has 15 heteroatoms. The Bertz CT molecular complexity index is 1480. The van der Waals surface area contributed by atoms with Crippen LogP contribution in [0.2, 0.25) is 0 Å². The number of non-ortho nitro benzene ring substituents is 2. The molecule has 0 atom stereocenters. The van der Waals surface area contributed by atoms with E-state index in [9.17, 15) is 29.8 Å². The second-order valence-electron chi connectivity index (χ2n) is 8.73. The van der Waals surface area contributed by atoms with Gasteiger partial charge in [0.05, 0.1) is 9.85 Å². The third kappa shape index (κ3) is 15.1. The fraction of sp³-hybridized carbons (Fsp3) is 0.133. The minimum absolute atomic E-state index is 0.00210. The molecule has 2 amide bonds. The van der Waals surface area contributed by atoms with E-state index in [1.54, 1.807) is 17.6 Å². The number of nitrogens with two attached hydrogens (primary N) is 1. The summed E-state index contributed by atoms with van der Waals surface area (Å²) in [6, 6.07) is 31.3. The number of hydrogen-bond acceptors (Lipinski definition) is 10. The number of benzene rings is 4. The topological polar surface area (TPSA) is 201 Å². The summed E-state index contributed by atoms with van der Waals surface area (Å²) >= 11 is 3.36. The number of nitrogens with zero attached hydrogens (tertiary/aromatic N) is 2. The first-order chi connectivity index (χ1) is 21.7. The SMILES string of the molecule is BrCc1ccccc1.NNC(=O)OCc1ccc([N+](=O)[O-])cc1.O=C(NNCc1ccccc1)OCc1ccc([N+](=O)[O-])cc1. The fourth-order valence-electron chi connectivity index (χ4n) is 3.18. The number of nitrogens with one attached hydrogen (secondary N) is 3. The molecule has 14 nitrogen and oxygen atoms in total. The van der Waals surface area contributed by atoms with Crippen molar-refractivity contribution in [3.8, 4) is 0 Å². The van der Waals surface area contributed by atoms with Crippen molar-refractivity contribution in [3.63, 3.8) is 0 Å². The van der Waals surface area contributed by atoms with Crippen molar-refractivity contribution < 1.29 is 28.9 Å². The van der Waals surface area contributed by atoms with Gasteiger partial charge in [-0.15, -0.1) is 0 Å². The third-order valence-corrected chi connectivity index (χ3v) is 6.12. The number of alkyl halides is 1. The summed E-state index contributed by atoms with van der Waals surface area (Å²) in [5.41, 5.74) is 10.6. The van der Waals surface area contributed by atoms with Gasteiger partial charge in [0, 0.05) is 36.1 Å². The Hall–Kier alpha value is -5.38. The predicted octanol–water partition coefficient (Wildman–Crippen LogP) is 5.80. The van der Waals surface area contributed by atoms with Crippen molar-refractivity contribution in [2.24, 2.45) is 5.84 Å². The number of carbonyl (C=O) groups excluding carboxylic acids is 2. The summed E-state index contributed by atoms with van der Waals surface area (Å²) in [4.78, 5) is 41.9. The molecule has 0 spiro atoms. The number of rotatable bonds is 10. The number of hydrogen-bond donors (Lipinski definition) is 4. The van der Waals surface area contributed by atoms with Gasteiger partial charge in [0.1, 0.15) is 13.2 Å². The molecule has 0 aliphatic rings. The molecule has 0 heterocycles. The monoisotopic (exact) mass is 682 g/mol. The van der Waals surface area contributed by atoms with Crippen LogP contribution in [0.15, 0.2) is 109 Å². The normalized spacial score (nSPS) is 9.64. The zero-order valence-electron chi connectivity index (χ0n) is 23.8. The van der Waals surface area contributed by atoms with Crippen LogP contribution < -0.4 is 22.1 Å². The number of nitro benzene ring substituents is 2. The Morgan fingerprint density at radius 2 is 1.07 bits per heavy atom. The highest BCUT2D eigenvalue weighted by molar-refractivity contribution is 9.08. The Morgan fingerprint density at radius 1 is 0.644 bits per heavy atom. The molecule has 0 radical (unpaired) electrons. The van der Waals surface area contributed by atoms with Crippen molar-refractivity contribution in [2.45, 2.75) is 25.1 Å². The van der Waals surface area contributed by atoms with E-state index in [2.05, 4.69) is 43.7 Å². The average molecular weight is 684 g/mol. The standard InChI is InChI=1S/C15H15N3O4.C8H9N3O4.C7H7Br/c19-15(17-16-10-12-4-2-1-3-5-12)22-11-13-6-8-14(9-7-13)18(20)21;9-10-8(12)15-5-6-1-3-7(4-2-6)11(13)14;8-6-7-4-2-1-3-5-7/h1-9,16H,10-11H2,(H,17,19);1-4H,5,9H2,(H,10,12);1-5H,6H2. The summed E-state index contributed by atoms with van der Waals surface area (Å²) in [6.45, 7) is 0.533. The average Bonchev–Trinajstić information content (AvgIpc) is 3.08. The minimum atomic E-state index is -0.756. The Kier molecular flexibility index (Phi) is 16.3. The van der Waals surface area contributed by atoms with E-state index in [1.165, 1.54) is 42.0 Å². The van der Waals surface area contributed by atoms with Crippen molar-refractivity contribution in [1.82, 2.24) is 16.3 Å². The summed E-state index contributed by atoms with van der Waals surface area (Å²) in [7, 11) is 0. The van der Waals surface area contributed by atoms with Gasteiger partial charge in [-0.2, -0.15) is 0 Å². The molecule has 0 saturated heterocycles. The molecule has 4 rings (SSSR count). The zero-order chi connectivity index (χ0) is 32.9. The van der Waals surface area contributed by atoms with E-state index in [-0.39, 0.29) is 24.6 Å². The summed E-state index contributed by atoms with van der Waals surface area (Å²) < 4.78 is 9.62. The molecule has 0 aliphatic heterocycles. The Morgan fingerprint density at radius 3 is 1.44 bits per heavy atom. The van der Waals surface area contributed by atoms with Crippen molar-refractivity contribution in [1.29, 1.82) is 0 Å². The maximum atomic E-state index is 11.5. The summed E-state index contributed by atoms with van der Waals surface area (Å²) in [5, 5.41) is 21.8. The fourth-order valence-corrected chi connectivity index (χ4v) is 3.56. The lowest BCUT2D eigenvalue weighted by Crippen LogP contribution is -2.37. The molecule has 0 fully saturated rings. The quantitative estimate of drug-likeness (QED) is 0.0520. The lowest BCUT2D eigenvalue weighted by atomic mass is 10.2. The zero-order valence-corrected chi connectivity index (χ0v) is 25.4. The highest BCUT2D eigenvalue weighted by Crippen LogP contribution is 2.13. The predicted molar refractivity (Wildman–Crippen MR) is 169 cm³/mol. The Balaban J connectivity index is 0.000000263. The number of ether oxygens (including phenoxy) is 2. The highest BCUT2D eigenvalue weighted by Gasteiger charge is 2.07. The van der Waals surface area contributed by atoms with Crippen molar-refractivity contribution >= 4 is 39.5 Å². The molecule has 0 saturated carbocycles. The van der Waals surface area contributed by atoms with Crippen LogP contribution in [0.25, 0.3) is 0 Å². The smallest absolute Gasteiger partial charge is 0.421 e. The highest BCUT2D eigenvalue weighted by atomic mass is 79.9. The van der Waals surface area contributed by atoms with Crippen LogP contribution in [0, 0.1) is 20.2 Å². The lowest BCUT2D eigenvalue weighted by Gasteiger charge is -2.08. The summed E-state index contributed by atoms with van der Waals surface area (Å²) in [6.07, 6.45) is -1.37. The Labute approximate surface area is 266 Å². The molecule has 45 heavy (non-hydrogen) atoms. The third-order valence-electron chi connectivity index (χ3n) is 5.47. The van der Waals surface area contributed by atoms with Crippen molar-refractivity contribution in [2.75, 3.05) is 0 Å². The van der Waals surface area contributed by atoms with E-state index in [1.807, 2.05) is 48.5 Å². The van der Waals surface area contributed by atoms with Crippen LogP contribution in [0.5, 0.6) is 0 Å². The van der Waals surface area contributed by atoms with E-state index in [0.29, 0.717) is 17.7 Å². The van der Waals surface area contributed by atoms with Gasteiger partial charge in [-0.05, 0) is 46.5 Å². The minimum Gasteiger partial charge on any atom is -0.444 e. The van der Waals surface area contributed by atoms with Gasteiger partial charge < -0.3 is 9.47 Å². The van der Waals surface area contributed by atoms with E-state index >= 15 is 0 Å².